The lowest BCUT2D eigenvalue weighted by atomic mass is 9.81. The van der Waals surface area contributed by atoms with Gasteiger partial charge in [-0.25, -0.2) is 15.0 Å². The molecule has 0 N–H and O–H groups in total. The third kappa shape index (κ3) is 4.57. The highest BCUT2D eigenvalue weighted by Gasteiger charge is 2.38. The van der Waals surface area contributed by atoms with Crippen molar-refractivity contribution in [3.8, 4) is 56.4 Å². The number of nitrogens with zero attached hydrogens (tertiary/aromatic N) is 3. The molecule has 250 valence electrons. The number of hydrogen-bond donors (Lipinski definition) is 0. The van der Waals surface area contributed by atoms with Gasteiger partial charge in [0.15, 0.2) is 17.5 Å². The number of benzene rings is 7. The Balaban J connectivity index is 1.05. The minimum Gasteiger partial charge on any atom is -0.456 e. The van der Waals surface area contributed by atoms with Crippen LogP contribution in [0, 0.1) is 0 Å². The summed E-state index contributed by atoms with van der Waals surface area (Å²) < 4.78 is 8.98. The second-order valence-electron chi connectivity index (χ2n) is 14.4. The maximum Gasteiger partial charge on any atom is 0.165 e. The smallest absolute Gasteiger partial charge is 0.165 e. The Morgan fingerprint density at radius 3 is 2.04 bits per heavy atom. The Hall–Kier alpha value is -6.43. The van der Waals surface area contributed by atoms with Gasteiger partial charge in [-0.1, -0.05) is 129 Å². The standard InChI is InChI=1S/C48H31N3OS/c1-48(2)39-25-22-30(27-38(39)34-23-24-35-32-16-6-8-20-40(32)52-43(35)42(34)48)29-14-10-15-31(26-29)46-49-45(28-12-4-3-5-13-28)50-47(51-46)37-19-11-18-36-33-17-7-9-21-41(33)53-44(36)37/h3-27H,1-2H3. The molecule has 0 fully saturated rings. The molecule has 0 saturated heterocycles. The summed E-state index contributed by atoms with van der Waals surface area (Å²) in [6, 6.07) is 53.5. The van der Waals surface area contributed by atoms with Gasteiger partial charge in [-0.05, 0) is 64.2 Å². The van der Waals surface area contributed by atoms with Gasteiger partial charge in [0.05, 0.1) is 0 Å². The molecule has 11 rings (SSSR count). The molecule has 0 unspecified atom stereocenters. The van der Waals surface area contributed by atoms with Gasteiger partial charge < -0.3 is 4.42 Å². The molecule has 3 heterocycles. The van der Waals surface area contributed by atoms with E-state index in [1.165, 1.54) is 47.8 Å². The van der Waals surface area contributed by atoms with Gasteiger partial charge >= 0.3 is 0 Å². The molecular formula is C48H31N3OS. The van der Waals surface area contributed by atoms with Crippen molar-refractivity contribution in [2.24, 2.45) is 0 Å². The van der Waals surface area contributed by atoms with Crippen LogP contribution in [-0.4, -0.2) is 15.0 Å². The van der Waals surface area contributed by atoms with Crippen LogP contribution in [-0.2, 0) is 5.41 Å². The van der Waals surface area contributed by atoms with Crippen LogP contribution >= 0.6 is 11.3 Å². The third-order valence-corrected chi connectivity index (χ3v) is 12.1. The lowest BCUT2D eigenvalue weighted by Gasteiger charge is -2.21. The summed E-state index contributed by atoms with van der Waals surface area (Å²) in [5.41, 5.74) is 11.9. The predicted octanol–water partition coefficient (Wildman–Crippen LogP) is 13.1. The molecule has 0 spiro atoms. The molecule has 0 atom stereocenters. The normalized spacial score (nSPS) is 13.2. The zero-order chi connectivity index (χ0) is 35.3. The van der Waals surface area contributed by atoms with Crippen molar-refractivity contribution in [2.45, 2.75) is 19.3 Å². The van der Waals surface area contributed by atoms with Gasteiger partial charge in [0.25, 0.3) is 0 Å². The Kier molecular flexibility index (Phi) is 6.43. The highest BCUT2D eigenvalue weighted by atomic mass is 32.1. The zero-order valence-corrected chi connectivity index (χ0v) is 29.9. The first kappa shape index (κ1) is 30.2. The topological polar surface area (TPSA) is 51.8 Å². The molecule has 1 aliphatic carbocycles. The van der Waals surface area contributed by atoms with Crippen molar-refractivity contribution >= 4 is 53.4 Å². The van der Waals surface area contributed by atoms with Gasteiger partial charge in [0.2, 0.25) is 0 Å². The average Bonchev–Trinajstić information content (AvgIpc) is 3.85. The van der Waals surface area contributed by atoms with Crippen molar-refractivity contribution < 1.29 is 4.42 Å². The Labute approximate surface area is 310 Å². The van der Waals surface area contributed by atoms with E-state index in [1.807, 2.05) is 24.3 Å². The van der Waals surface area contributed by atoms with E-state index < -0.39 is 0 Å². The van der Waals surface area contributed by atoms with Crippen LogP contribution in [0.25, 0.3) is 98.5 Å². The van der Waals surface area contributed by atoms with Crippen LogP contribution in [0.4, 0.5) is 0 Å². The molecule has 10 aromatic rings. The van der Waals surface area contributed by atoms with Crippen LogP contribution in [0.5, 0.6) is 0 Å². The predicted molar refractivity (Wildman–Crippen MR) is 219 cm³/mol. The number of fused-ring (bicyclic) bond motifs is 10. The number of para-hydroxylation sites is 1. The van der Waals surface area contributed by atoms with Crippen molar-refractivity contribution in [1.29, 1.82) is 0 Å². The summed E-state index contributed by atoms with van der Waals surface area (Å²) in [6.07, 6.45) is 0. The SMILES string of the molecule is CC1(C)c2ccc(-c3cccc(-c4nc(-c5ccccc5)nc(-c5cccc6c5sc5ccccc56)n4)c3)cc2-c2ccc3c(oc4ccccc43)c21. The molecule has 7 aromatic carbocycles. The van der Waals surface area contributed by atoms with E-state index in [4.69, 9.17) is 19.4 Å². The number of aromatic nitrogens is 3. The van der Waals surface area contributed by atoms with Gasteiger partial charge in [0.1, 0.15) is 11.2 Å². The molecule has 4 nitrogen and oxygen atoms in total. The zero-order valence-electron chi connectivity index (χ0n) is 29.1. The first-order valence-electron chi connectivity index (χ1n) is 17.9. The lowest BCUT2D eigenvalue weighted by Crippen LogP contribution is -2.15. The van der Waals surface area contributed by atoms with E-state index in [0.29, 0.717) is 17.5 Å². The Bertz CT molecular complexity index is 3100. The second kappa shape index (κ2) is 11.3. The average molecular weight is 698 g/mol. The fraction of sp³-hybridized carbons (Fsp3) is 0.0625. The fourth-order valence-electron chi connectivity index (χ4n) is 8.36. The van der Waals surface area contributed by atoms with E-state index in [9.17, 15) is 0 Å². The van der Waals surface area contributed by atoms with Gasteiger partial charge in [-0.3, -0.25) is 0 Å². The lowest BCUT2D eigenvalue weighted by molar-refractivity contribution is 0.620. The van der Waals surface area contributed by atoms with Gasteiger partial charge in [-0.15, -0.1) is 11.3 Å². The third-order valence-electron chi connectivity index (χ3n) is 10.9. The van der Waals surface area contributed by atoms with Crippen molar-refractivity contribution in [1.82, 2.24) is 15.0 Å². The van der Waals surface area contributed by atoms with Crippen molar-refractivity contribution in [2.75, 3.05) is 0 Å². The molecule has 0 aliphatic heterocycles. The number of rotatable bonds is 4. The molecular weight excluding hydrogens is 667 g/mol. The molecule has 0 saturated carbocycles. The minimum absolute atomic E-state index is 0.204. The van der Waals surface area contributed by atoms with E-state index in [2.05, 4.69) is 141 Å². The number of hydrogen-bond acceptors (Lipinski definition) is 5. The van der Waals surface area contributed by atoms with Crippen molar-refractivity contribution in [3.63, 3.8) is 0 Å². The van der Waals surface area contributed by atoms with Crippen LogP contribution in [0.3, 0.4) is 0 Å². The molecule has 1 aliphatic rings. The summed E-state index contributed by atoms with van der Waals surface area (Å²) in [4.78, 5) is 15.4. The largest absolute Gasteiger partial charge is 0.456 e. The molecule has 3 aromatic heterocycles. The summed E-state index contributed by atoms with van der Waals surface area (Å²) >= 11 is 1.79. The van der Waals surface area contributed by atoms with E-state index in [1.54, 1.807) is 11.3 Å². The molecule has 0 bridgehead atoms. The molecule has 5 heteroatoms. The maximum absolute atomic E-state index is 6.55. The highest BCUT2D eigenvalue weighted by molar-refractivity contribution is 7.26. The van der Waals surface area contributed by atoms with Crippen LogP contribution in [0.2, 0.25) is 0 Å². The van der Waals surface area contributed by atoms with Gasteiger partial charge in [0, 0.05) is 58.6 Å². The quantitative estimate of drug-likeness (QED) is 0.184. The fourth-order valence-corrected chi connectivity index (χ4v) is 9.57. The Morgan fingerprint density at radius 1 is 0.472 bits per heavy atom. The maximum atomic E-state index is 6.55. The van der Waals surface area contributed by atoms with Crippen LogP contribution in [0.1, 0.15) is 25.0 Å². The van der Waals surface area contributed by atoms with E-state index in [-0.39, 0.29) is 5.41 Å². The second-order valence-corrected chi connectivity index (χ2v) is 15.4. The number of furan rings is 1. The summed E-state index contributed by atoms with van der Waals surface area (Å²) in [5.74, 6) is 1.97. The van der Waals surface area contributed by atoms with Gasteiger partial charge in [-0.2, -0.15) is 0 Å². The molecule has 0 radical (unpaired) electrons. The molecule has 0 amide bonds. The summed E-state index contributed by atoms with van der Waals surface area (Å²) in [7, 11) is 0. The first-order valence-corrected chi connectivity index (χ1v) is 18.8. The molecule has 53 heavy (non-hydrogen) atoms. The van der Waals surface area contributed by atoms with E-state index >= 15 is 0 Å². The van der Waals surface area contributed by atoms with Crippen LogP contribution in [0.15, 0.2) is 156 Å². The van der Waals surface area contributed by atoms with Crippen LogP contribution < -0.4 is 0 Å². The number of thiophene rings is 1. The highest BCUT2D eigenvalue weighted by Crippen LogP contribution is 2.53. The summed E-state index contributed by atoms with van der Waals surface area (Å²) in [5, 5.41) is 4.80. The summed E-state index contributed by atoms with van der Waals surface area (Å²) in [6.45, 7) is 4.62. The monoisotopic (exact) mass is 697 g/mol. The minimum atomic E-state index is -0.204. The van der Waals surface area contributed by atoms with Crippen molar-refractivity contribution in [3.05, 3.63) is 163 Å². The Morgan fingerprint density at radius 2 is 1.15 bits per heavy atom. The van der Waals surface area contributed by atoms with E-state index in [0.717, 1.165) is 44.4 Å². The first-order chi connectivity index (χ1) is 26.0.